The monoisotopic (exact) mass is 240 g/mol. The standard InChI is InChI=1S/C13H24N2O2/c1-10-3-4-11(9-14-10)13(16)15-7-5-12(17-2)6-8-15/h10-12,14H,3-9H2,1-2H3. The number of methoxy groups -OCH3 is 1. The van der Waals surface area contributed by atoms with E-state index in [0.29, 0.717) is 18.1 Å². The summed E-state index contributed by atoms with van der Waals surface area (Å²) in [6, 6.07) is 0.568. The average Bonchev–Trinajstić information content (AvgIpc) is 2.39. The molecule has 98 valence electrons. The highest BCUT2D eigenvalue weighted by Gasteiger charge is 2.30. The van der Waals surface area contributed by atoms with Crippen LogP contribution in [0.4, 0.5) is 0 Å². The first-order valence-electron chi connectivity index (χ1n) is 6.75. The largest absolute Gasteiger partial charge is 0.381 e. The number of nitrogens with one attached hydrogen (secondary N) is 1. The van der Waals surface area contributed by atoms with Gasteiger partial charge in [-0.2, -0.15) is 0 Å². The first-order chi connectivity index (χ1) is 8.20. The molecule has 4 heteroatoms. The quantitative estimate of drug-likeness (QED) is 0.783. The van der Waals surface area contributed by atoms with E-state index in [0.717, 1.165) is 45.3 Å². The molecule has 1 amide bonds. The average molecular weight is 240 g/mol. The topological polar surface area (TPSA) is 41.6 Å². The number of piperidine rings is 2. The van der Waals surface area contributed by atoms with Crippen molar-refractivity contribution in [3.8, 4) is 0 Å². The summed E-state index contributed by atoms with van der Waals surface area (Å²) in [5.74, 6) is 0.546. The highest BCUT2D eigenvalue weighted by molar-refractivity contribution is 5.79. The molecule has 0 spiro atoms. The molecule has 2 aliphatic heterocycles. The van der Waals surface area contributed by atoms with Crippen LogP contribution in [-0.4, -0.2) is 49.7 Å². The Labute approximate surface area is 104 Å². The summed E-state index contributed by atoms with van der Waals surface area (Å²) in [5, 5.41) is 3.40. The Kier molecular flexibility index (Phi) is 4.40. The van der Waals surface area contributed by atoms with E-state index in [4.69, 9.17) is 4.74 Å². The second-order valence-corrected chi connectivity index (χ2v) is 5.34. The minimum absolute atomic E-state index is 0.199. The number of hydrogen-bond acceptors (Lipinski definition) is 3. The molecule has 2 unspecified atom stereocenters. The third kappa shape index (κ3) is 3.19. The molecule has 2 aliphatic rings. The van der Waals surface area contributed by atoms with Gasteiger partial charge in [0, 0.05) is 32.8 Å². The van der Waals surface area contributed by atoms with Gasteiger partial charge >= 0.3 is 0 Å². The van der Waals surface area contributed by atoms with Gasteiger partial charge in [-0.1, -0.05) is 0 Å². The number of amides is 1. The van der Waals surface area contributed by atoms with Crippen LogP contribution in [0.2, 0.25) is 0 Å². The normalized spacial score (nSPS) is 31.5. The molecule has 0 aromatic heterocycles. The summed E-state index contributed by atoms with van der Waals surface area (Å²) in [7, 11) is 1.76. The fourth-order valence-corrected chi connectivity index (χ4v) is 2.78. The van der Waals surface area contributed by atoms with E-state index >= 15 is 0 Å². The van der Waals surface area contributed by atoms with E-state index in [1.165, 1.54) is 0 Å². The first kappa shape index (κ1) is 12.8. The SMILES string of the molecule is COC1CCN(C(=O)C2CCC(C)NC2)CC1. The molecular formula is C13H24N2O2. The molecule has 17 heavy (non-hydrogen) atoms. The summed E-state index contributed by atoms with van der Waals surface area (Å²) in [6.07, 6.45) is 4.48. The molecule has 0 radical (unpaired) electrons. The molecule has 0 aromatic carbocycles. The minimum Gasteiger partial charge on any atom is -0.381 e. The van der Waals surface area contributed by atoms with E-state index in [2.05, 4.69) is 12.2 Å². The van der Waals surface area contributed by atoms with Gasteiger partial charge < -0.3 is 15.0 Å². The summed E-state index contributed by atoms with van der Waals surface area (Å²) >= 11 is 0. The number of ether oxygens (including phenoxy) is 1. The van der Waals surface area contributed by atoms with E-state index < -0.39 is 0 Å². The lowest BCUT2D eigenvalue weighted by Crippen LogP contribution is -2.48. The predicted octanol–water partition coefficient (Wildman–Crippen LogP) is 1.01. The number of carbonyl (C=O) groups excluding carboxylic acids is 1. The van der Waals surface area contributed by atoms with Crippen LogP contribution in [0.15, 0.2) is 0 Å². The lowest BCUT2D eigenvalue weighted by molar-refractivity contribution is -0.138. The van der Waals surface area contributed by atoms with Gasteiger partial charge in [-0.15, -0.1) is 0 Å². The summed E-state index contributed by atoms with van der Waals surface area (Å²) in [5.41, 5.74) is 0. The number of hydrogen-bond donors (Lipinski definition) is 1. The maximum Gasteiger partial charge on any atom is 0.226 e. The van der Waals surface area contributed by atoms with Gasteiger partial charge in [0.25, 0.3) is 0 Å². The van der Waals surface area contributed by atoms with Crippen molar-refractivity contribution in [1.29, 1.82) is 0 Å². The van der Waals surface area contributed by atoms with Crippen molar-refractivity contribution in [2.75, 3.05) is 26.7 Å². The Morgan fingerprint density at radius 1 is 1.24 bits per heavy atom. The molecule has 2 heterocycles. The molecular weight excluding hydrogens is 216 g/mol. The van der Waals surface area contributed by atoms with E-state index in [9.17, 15) is 4.79 Å². The second kappa shape index (κ2) is 5.83. The Hall–Kier alpha value is -0.610. The first-order valence-corrected chi connectivity index (χ1v) is 6.75. The summed E-state index contributed by atoms with van der Waals surface area (Å²) < 4.78 is 5.33. The Balaban J connectivity index is 1.80. The number of likely N-dealkylation sites (tertiary alicyclic amines) is 1. The highest BCUT2D eigenvalue weighted by Crippen LogP contribution is 2.20. The lowest BCUT2D eigenvalue weighted by atomic mass is 9.93. The zero-order valence-electron chi connectivity index (χ0n) is 10.9. The van der Waals surface area contributed by atoms with Gasteiger partial charge in [0.2, 0.25) is 5.91 Å². The molecule has 0 saturated carbocycles. The smallest absolute Gasteiger partial charge is 0.226 e. The highest BCUT2D eigenvalue weighted by atomic mass is 16.5. The fourth-order valence-electron chi connectivity index (χ4n) is 2.78. The second-order valence-electron chi connectivity index (χ2n) is 5.34. The zero-order chi connectivity index (χ0) is 12.3. The molecule has 2 fully saturated rings. The Bertz CT molecular complexity index is 254. The van der Waals surface area contributed by atoms with Gasteiger partial charge in [-0.05, 0) is 32.6 Å². The molecule has 1 N–H and O–H groups in total. The van der Waals surface area contributed by atoms with Crippen molar-refractivity contribution in [2.45, 2.75) is 44.8 Å². The minimum atomic E-state index is 0.199. The van der Waals surface area contributed by atoms with Crippen LogP contribution < -0.4 is 5.32 Å². The molecule has 2 atom stereocenters. The molecule has 2 saturated heterocycles. The molecule has 0 bridgehead atoms. The van der Waals surface area contributed by atoms with Gasteiger partial charge in [0.1, 0.15) is 0 Å². The van der Waals surface area contributed by atoms with Crippen molar-refractivity contribution in [3.63, 3.8) is 0 Å². The molecule has 0 aliphatic carbocycles. The van der Waals surface area contributed by atoms with E-state index in [1.54, 1.807) is 7.11 Å². The molecule has 2 rings (SSSR count). The van der Waals surface area contributed by atoms with Crippen LogP contribution >= 0.6 is 0 Å². The lowest BCUT2D eigenvalue weighted by Gasteiger charge is -2.35. The van der Waals surface area contributed by atoms with Crippen molar-refractivity contribution in [1.82, 2.24) is 10.2 Å². The summed E-state index contributed by atoms with van der Waals surface area (Å²) in [6.45, 7) is 4.77. The van der Waals surface area contributed by atoms with Gasteiger partial charge in [0.05, 0.1) is 12.0 Å². The number of nitrogens with zero attached hydrogens (tertiary/aromatic N) is 1. The fraction of sp³-hybridized carbons (Fsp3) is 0.923. The molecule has 4 nitrogen and oxygen atoms in total. The van der Waals surface area contributed by atoms with Crippen LogP contribution in [0.1, 0.15) is 32.6 Å². The van der Waals surface area contributed by atoms with Crippen LogP contribution in [0, 0.1) is 5.92 Å². The summed E-state index contributed by atoms with van der Waals surface area (Å²) in [4.78, 5) is 14.3. The Morgan fingerprint density at radius 2 is 1.94 bits per heavy atom. The predicted molar refractivity (Wildman–Crippen MR) is 66.8 cm³/mol. The zero-order valence-corrected chi connectivity index (χ0v) is 10.9. The number of carbonyl (C=O) groups is 1. The van der Waals surface area contributed by atoms with Crippen molar-refractivity contribution in [2.24, 2.45) is 5.92 Å². The van der Waals surface area contributed by atoms with E-state index in [-0.39, 0.29) is 5.92 Å². The third-order valence-corrected chi connectivity index (χ3v) is 4.10. The van der Waals surface area contributed by atoms with Crippen molar-refractivity contribution < 1.29 is 9.53 Å². The van der Waals surface area contributed by atoms with Gasteiger partial charge in [-0.3, -0.25) is 4.79 Å². The van der Waals surface area contributed by atoms with Crippen molar-refractivity contribution >= 4 is 5.91 Å². The van der Waals surface area contributed by atoms with E-state index in [1.807, 2.05) is 4.90 Å². The van der Waals surface area contributed by atoms with Gasteiger partial charge in [-0.25, -0.2) is 0 Å². The maximum atomic E-state index is 12.3. The van der Waals surface area contributed by atoms with Gasteiger partial charge in [0.15, 0.2) is 0 Å². The van der Waals surface area contributed by atoms with Crippen LogP contribution in [0.5, 0.6) is 0 Å². The van der Waals surface area contributed by atoms with Crippen LogP contribution in [0.25, 0.3) is 0 Å². The number of rotatable bonds is 2. The van der Waals surface area contributed by atoms with Crippen molar-refractivity contribution in [3.05, 3.63) is 0 Å². The third-order valence-electron chi connectivity index (χ3n) is 4.10. The van der Waals surface area contributed by atoms with Crippen LogP contribution in [-0.2, 0) is 9.53 Å². The molecule has 0 aromatic rings. The Morgan fingerprint density at radius 3 is 2.47 bits per heavy atom. The van der Waals surface area contributed by atoms with Crippen LogP contribution in [0.3, 0.4) is 0 Å². The maximum absolute atomic E-state index is 12.3.